The van der Waals surface area contributed by atoms with Crippen LogP contribution in [0.2, 0.25) is 5.02 Å². The van der Waals surface area contributed by atoms with Crippen LogP contribution in [0, 0.1) is 6.92 Å². The Hall–Kier alpha value is -3.63. The molecule has 4 aromatic rings. The summed E-state index contributed by atoms with van der Waals surface area (Å²) < 4.78 is 6.11. The highest BCUT2D eigenvalue weighted by Gasteiger charge is 2.16. The van der Waals surface area contributed by atoms with Crippen molar-refractivity contribution in [3.05, 3.63) is 118 Å². The molecule has 0 spiro atoms. The Morgan fingerprint density at radius 2 is 1.69 bits per heavy atom. The van der Waals surface area contributed by atoms with Gasteiger partial charge in [-0.05, 0) is 54.4 Å². The molecular formula is C27H22ClNO3. The van der Waals surface area contributed by atoms with Crippen molar-refractivity contribution in [1.82, 2.24) is 4.98 Å². The SMILES string of the molecule is Cc1ccc(OCc2ccccc2)c(-c2ccc(C(=O)O)c(Cc3ccc(Cl)cc3)n2)c1. The molecule has 0 amide bonds. The molecule has 3 aromatic carbocycles. The summed E-state index contributed by atoms with van der Waals surface area (Å²) in [5.74, 6) is -0.301. The van der Waals surface area contributed by atoms with Gasteiger partial charge in [0.15, 0.2) is 0 Å². The van der Waals surface area contributed by atoms with Gasteiger partial charge in [0.2, 0.25) is 0 Å². The maximum absolute atomic E-state index is 11.8. The molecule has 0 unspecified atom stereocenters. The van der Waals surface area contributed by atoms with E-state index >= 15 is 0 Å². The zero-order valence-corrected chi connectivity index (χ0v) is 18.3. The highest BCUT2D eigenvalue weighted by molar-refractivity contribution is 6.30. The molecule has 1 heterocycles. The molecule has 1 aromatic heterocycles. The number of benzene rings is 3. The van der Waals surface area contributed by atoms with Gasteiger partial charge in [0.05, 0.1) is 17.0 Å². The van der Waals surface area contributed by atoms with Gasteiger partial charge in [-0.25, -0.2) is 4.79 Å². The predicted molar refractivity (Wildman–Crippen MR) is 126 cm³/mol. The quantitative estimate of drug-likeness (QED) is 0.350. The van der Waals surface area contributed by atoms with E-state index in [1.807, 2.05) is 67.6 Å². The van der Waals surface area contributed by atoms with E-state index in [1.54, 1.807) is 24.3 Å². The van der Waals surface area contributed by atoms with Crippen molar-refractivity contribution in [3.63, 3.8) is 0 Å². The van der Waals surface area contributed by atoms with Crippen molar-refractivity contribution in [2.75, 3.05) is 0 Å². The summed E-state index contributed by atoms with van der Waals surface area (Å²) in [5, 5.41) is 10.3. The number of hydrogen-bond donors (Lipinski definition) is 1. The lowest BCUT2D eigenvalue weighted by molar-refractivity contribution is 0.0695. The number of aromatic nitrogens is 1. The second-order valence-electron chi connectivity index (χ2n) is 7.57. The van der Waals surface area contributed by atoms with Crippen LogP contribution in [0.3, 0.4) is 0 Å². The molecule has 0 aliphatic rings. The number of halogens is 1. The van der Waals surface area contributed by atoms with Gasteiger partial charge >= 0.3 is 5.97 Å². The van der Waals surface area contributed by atoms with E-state index in [0.29, 0.717) is 35.2 Å². The fourth-order valence-electron chi connectivity index (χ4n) is 3.48. The van der Waals surface area contributed by atoms with Crippen molar-refractivity contribution in [3.8, 4) is 17.0 Å². The number of aryl methyl sites for hydroxylation is 1. The molecule has 0 saturated carbocycles. The van der Waals surface area contributed by atoms with Crippen molar-refractivity contribution in [1.29, 1.82) is 0 Å². The molecule has 32 heavy (non-hydrogen) atoms. The Kier molecular flexibility index (Phi) is 6.52. The highest BCUT2D eigenvalue weighted by Crippen LogP contribution is 2.31. The van der Waals surface area contributed by atoms with Crippen molar-refractivity contribution in [2.24, 2.45) is 0 Å². The van der Waals surface area contributed by atoms with Gasteiger partial charge in [0.1, 0.15) is 12.4 Å². The molecule has 0 radical (unpaired) electrons. The Balaban J connectivity index is 1.70. The maximum atomic E-state index is 11.8. The van der Waals surface area contributed by atoms with Gasteiger partial charge in [-0.15, -0.1) is 0 Å². The lowest BCUT2D eigenvalue weighted by Crippen LogP contribution is -2.07. The van der Waals surface area contributed by atoms with Crippen LogP contribution >= 0.6 is 11.6 Å². The van der Waals surface area contributed by atoms with E-state index in [4.69, 9.17) is 21.3 Å². The smallest absolute Gasteiger partial charge is 0.337 e. The van der Waals surface area contributed by atoms with Gasteiger partial charge < -0.3 is 9.84 Å². The Morgan fingerprint density at radius 3 is 2.41 bits per heavy atom. The van der Waals surface area contributed by atoms with E-state index in [-0.39, 0.29) is 5.56 Å². The summed E-state index contributed by atoms with van der Waals surface area (Å²) in [6, 6.07) is 26.6. The lowest BCUT2D eigenvalue weighted by atomic mass is 10.0. The molecule has 0 bridgehead atoms. The summed E-state index contributed by atoms with van der Waals surface area (Å²) in [4.78, 5) is 16.6. The van der Waals surface area contributed by atoms with Gasteiger partial charge in [0.25, 0.3) is 0 Å². The van der Waals surface area contributed by atoms with Crippen molar-refractivity contribution >= 4 is 17.6 Å². The molecule has 0 saturated heterocycles. The largest absolute Gasteiger partial charge is 0.488 e. The third-order valence-corrected chi connectivity index (χ3v) is 5.39. The maximum Gasteiger partial charge on any atom is 0.337 e. The summed E-state index contributed by atoms with van der Waals surface area (Å²) in [5.41, 5.74) is 5.25. The third kappa shape index (κ3) is 5.16. The number of rotatable bonds is 7. The standard InChI is InChI=1S/C27H22ClNO3/c1-18-7-14-26(32-17-20-5-3-2-4-6-20)23(15-18)24-13-12-22(27(30)31)25(29-24)16-19-8-10-21(28)11-9-19/h2-15H,16-17H2,1H3,(H,30,31). The summed E-state index contributed by atoms with van der Waals surface area (Å²) in [6.07, 6.45) is 0.388. The lowest BCUT2D eigenvalue weighted by Gasteiger charge is -2.14. The highest BCUT2D eigenvalue weighted by atomic mass is 35.5. The first-order valence-corrected chi connectivity index (χ1v) is 10.6. The number of carboxylic acids is 1. The minimum absolute atomic E-state index is 0.183. The topological polar surface area (TPSA) is 59.4 Å². The zero-order chi connectivity index (χ0) is 22.5. The number of hydrogen-bond acceptors (Lipinski definition) is 3. The molecule has 0 aliphatic heterocycles. The predicted octanol–water partition coefficient (Wildman–Crippen LogP) is 6.58. The summed E-state index contributed by atoms with van der Waals surface area (Å²) >= 11 is 5.98. The van der Waals surface area contributed by atoms with Gasteiger partial charge in [-0.3, -0.25) is 4.98 Å². The fourth-order valence-corrected chi connectivity index (χ4v) is 3.61. The minimum atomic E-state index is -1.00. The molecule has 4 nitrogen and oxygen atoms in total. The Morgan fingerprint density at radius 1 is 0.938 bits per heavy atom. The van der Waals surface area contributed by atoms with Gasteiger partial charge in [-0.1, -0.05) is 65.7 Å². The van der Waals surface area contributed by atoms with Crippen molar-refractivity contribution < 1.29 is 14.6 Å². The van der Waals surface area contributed by atoms with E-state index in [0.717, 1.165) is 22.3 Å². The monoisotopic (exact) mass is 443 g/mol. The van der Waals surface area contributed by atoms with Gasteiger partial charge in [-0.2, -0.15) is 0 Å². The molecule has 0 atom stereocenters. The third-order valence-electron chi connectivity index (χ3n) is 5.14. The second kappa shape index (κ2) is 9.67. The summed E-state index contributed by atoms with van der Waals surface area (Å²) in [6.45, 7) is 2.44. The fraction of sp³-hybridized carbons (Fsp3) is 0.111. The van der Waals surface area contributed by atoms with Crippen LogP contribution in [0.4, 0.5) is 0 Å². The van der Waals surface area contributed by atoms with E-state index in [1.165, 1.54) is 0 Å². The molecule has 5 heteroatoms. The van der Waals surface area contributed by atoms with E-state index in [2.05, 4.69) is 0 Å². The van der Waals surface area contributed by atoms with Crippen LogP contribution in [0.25, 0.3) is 11.3 Å². The zero-order valence-electron chi connectivity index (χ0n) is 17.6. The van der Waals surface area contributed by atoms with E-state index in [9.17, 15) is 9.90 Å². The Labute approximate surface area is 192 Å². The number of nitrogens with zero attached hydrogens (tertiary/aromatic N) is 1. The number of carbonyl (C=O) groups is 1. The van der Waals surface area contributed by atoms with Crippen molar-refractivity contribution in [2.45, 2.75) is 20.0 Å². The first-order valence-electron chi connectivity index (χ1n) is 10.2. The van der Waals surface area contributed by atoms with Crippen LogP contribution < -0.4 is 4.74 Å². The molecular weight excluding hydrogens is 422 g/mol. The Bertz CT molecular complexity index is 1240. The van der Waals surface area contributed by atoms with Crippen LogP contribution in [-0.4, -0.2) is 16.1 Å². The number of ether oxygens (including phenoxy) is 1. The number of pyridine rings is 1. The van der Waals surface area contributed by atoms with Crippen LogP contribution in [-0.2, 0) is 13.0 Å². The van der Waals surface area contributed by atoms with Crippen LogP contribution in [0.1, 0.15) is 32.7 Å². The first kappa shape index (κ1) is 21.6. The molecule has 4 rings (SSSR count). The first-order chi connectivity index (χ1) is 15.5. The van der Waals surface area contributed by atoms with Crippen LogP contribution in [0.5, 0.6) is 5.75 Å². The molecule has 0 aliphatic carbocycles. The average molecular weight is 444 g/mol. The normalized spacial score (nSPS) is 10.7. The second-order valence-corrected chi connectivity index (χ2v) is 8.01. The number of carboxylic acid groups (broad SMARTS) is 1. The number of aromatic carboxylic acids is 1. The summed E-state index contributed by atoms with van der Waals surface area (Å²) in [7, 11) is 0. The van der Waals surface area contributed by atoms with E-state index < -0.39 is 5.97 Å². The van der Waals surface area contributed by atoms with Crippen LogP contribution in [0.15, 0.2) is 84.9 Å². The molecule has 1 N–H and O–H groups in total. The average Bonchev–Trinajstić information content (AvgIpc) is 2.80. The molecule has 0 fully saturated rings. The van der Waals surface area contributed by atoms with Gasteiger partial charge in [0, 0.05) is 17.0 Å². The minimum Gasteiger partial charge on any atom is -0.488 e. The molecule has 160 valence electrons.